The van der Waals surface area contributed by atoms with Crippen molar-refractivity contribution in [1.29, 1.82) is 0 Å². The average Bonchev–Trinajstić information content (AvgIpc) is 2.53. The SMILES string of the molecule is FC1(/C=N/n2cccc2)CC1. The molecule has 11 heavy (non-hydrogen) atoms. The van der Waals surface area contributed by atoms with Crippen molar-refractivity contribution in [2.45, 2.75) is 18.5 Å². The highest BCUT2D eigenvalue weighted by molar-refractivity contribution is 5.72. The molecule has 0 unspecified atom stereocenters. The number of rotatable bonds is 2. The van der Waals surface area contributed by atoms with Gasteiger partial charge in [-0.3, -0.25) is 0 Å². The zero-order chi connectivity index (χ0) is 7.73. The fourth-order valence-electron chi connectivity index (χ4n) is 0.821. The van der Waals surface area contributed by atoms with E-state index in [1.54, 1.807) is 17.1 Å². The predicted molar refractivity (Wildman–Crippen MR) is 41.4 cm³/mol. The van der Waals surface area contributed by atoms with E-state index in [9.17, 15) is 4.39 Å². The van der Waals surface area contributed by atoms with Crippen molar-refractivity contribution in [3.05, 3.63) is 24.5 Å². The van der Waals surface area contributed by atoms with Crippen LogP contribution in [-0.2, 0) is 0 Å². The topological polar surface area (TPSA) is 17.3 Å². The zero-order valence-corrected chi connectivity index (χ0v) is 6.07. The highest BCUT2D eigenvalue weighted by Crippen LogP contribution is 2.37. The monoisotopic (exact) mass is 152 g/mol. The molecule has 1 fully saturated rings. The summed E-state index contributed by atoms with van der Waals surface area (Å²) in [6.07, 6.45) is 6.19. The Morgan fingerprint density at radius 1 is 1.36 bits per heavy atom. The minimum atomic E-state index is -1.09. The van der Waals surface area contributed by atoms with Gasteiger partial charge in [0.05, 0.1) is 6.21 Å². The lowest BCUT2D eigenvalue weighted by molar-refractivity contribution is 0.412. The molecular formula is C8H9FN2. The third-order valence-electron chi connectivity index (χ3n) is 1.74. The quantitative estimate of drug-likeness (QED) is 0.575. The number of halogens is 1. The third kappa shape index (κ3) is 1.48. The van der Waals surface area contributed by atoms with Crippen molar-refractivity contribution in [2.24, 2.45) is 5.10 Å². The third-order valence-corrected chi connectivity index (χ3v) is 1.74. The Balaban J connectivity index is 2.05. The first-order valence-corrected chi connectivity index (χ1v) is 3.66. The molecular weight excluding hydrogens is 143 g/mol. The number of hydrogen-bond donors (Lipinski definition) is 0. The Labute approximate surface area is 64.3 Å². The molecule has 1 saturated carbocycles. The van der Waals surface area contributed by atoms with E-state index in [-0.39, 0.29) is 0 Å². The summed E-state index contributed by atoms with van der Waals surface area (Å²) in [5.41, 5.74) is -1.09. The summed E-state index contributed by atoms with van der Waals surface area (Å²) in [5, 5.41) is 3.92. The van der Waals surface area contributed by atoms with Gasteiger partial charge in [-0.2, -0.15) is 5.10 Å². The van der Waals surface area contributed by atoms with Gasteiger partial charge in [-0.05, 0) is 25.0 Å². The fourth-order valence-corrected chi connectivity index (χ4v) is 0.821. The summed E-state index contributed by atoms with van der Waals surface area (Å²) in [4.78, 5) is 0. The first-order chi connectivity index (χ1) is 5.29. The molecule has 1 heterocycles. The lowest BCUT2D eigenvalue weighted by atomic mass is 10.4. The van der Waals surface area contributed by atoms with Gasteiger partial charge in [-0.1, -0.05) is 0 Å². The summed E-state index contributed by atoms with van der Waals surface area (Å²) < 4.78 is 14.5. The maximum Gasteiger partial charge on any atom is 0.148 e. The number of alkyl halides is 1. The van der Waals surface area contributed by atoms with E-state index >= 15 is 0 Å². The number of nitrogens with zero attached hydrogens (tertiary/aromatic N) is 2. The van der Waals surface area contributed by atoms with Crippen LogP contribution in [0, 0.1) is 0 Å². The zero-order valence-electron chi connectivity index (χ0n) is 6.07. The highest BCUT2D eigenvalue weighted by atomic mass is 19.1. The second-order valence-corrected chi connectivity index (χ2v) is 2.84. The second kappa shape index (κ2) is 2.19. The molecule has 58 valence electrons. The van der Waals surface area contributed by atoms with E-state index in [4.69, 9.17) is 0 Å². The molecule has 0 radical (unpaired) electrons. The van der Waals surface area contributed by atoms with Crippen LogP contribution < -0.4 is 0 Å². The Kier molecular flexibility index (Phi) is 1.31. The molecule has 1 aromatic heterocycles. The molecule has 0 atom stereocenters. The van der Waals surface area contributed by atoms with Crippen LogP contribution in [0.1, 0.15) is 12.8 Å². The predicted octanol–water partition coefficient (Wildman–Crippen LogP) is 1.82. The molecule has 0 amide bonds. The van der Waals surface area contributed by atoms with E-state index in [2.05, 4.69) is 5.10 Å². The van der Waals surface area contributed by atoms with Crippen LogP contribution in [0.2, 0.25) is 0 Å². The van der Waals surface area contributed by atoms with E-state index in [1.807, 2.05) is 12.1 Å². The Morgan fingerprint density at radius 2 is 2.00 bits per heavy atom. The maximum atomic E-state index is 12.9. The van der Waals surface area contributed by atoms with Gasteiger partial charge in [0.15, 0.2) is 0 Å². The number of aromatic nitrogens is 1. The summed E-state index contributed by atoms with van der Waals surface area (Å²) in [6, 6.07) is 3.71. The van der Waals surface area contributed by atoms with Crippen LogP contribution in [0.25, 0.3) is 0 Å². The van der Waals surface area contributed by atoms with Crippen molar-refractivity contribution in [2.75, 3.05) is 0 Å². The lowest BCUT2D eigenvalue weighted by Crippen LogP contribution is -2.01. The average molecular weight is 152 g/mol. The first kappa shape index (κ1) is 6.58. The van der Waals surface area contributed by atoms with Crippen LogP contribution in [0.5, 0.6) is 0 Å². The summed E-state index contributed by atoms with van der Waals surface area (Å²) in [7, 11) is 0. The Hall–Kier alpha value is -1.12. The molecule has 3 heteroatoms. The van der Waals surface area contributed by atoms with Gasteiger partial charge in [0.1, 0.15) is 5.67 Å². The molecule has 1 aliphatic rings. The largest absolute Gasteiger partial charge is 0.249 e. The molecule has 2 rings (SSSR count). The summed E-state index contributed by atoms with van der Waals surface area (Å²) in [6.45, 7) is 0. The molecule has 0 N–H and O–H groups in total. The van der Waals surface area contributed by atoms with Gasteiger partial charge < -0.3 is 0 Å². The lowest BCUT2D eigenvalue weighted by Gasteiger charge is -1.93. The van der Waals surface area contributed by atoms with Crippen molar-refractivity contribution in [1.82, 2.24) is 4.68 Å². The van der Waals surface area contributed by atoms with Crippen LogP contribution >= 0.6 is 0 Å². The van der Waals surface area contributed by atoms with E-state index in [0.717, 1.165) is 0 Å². The van der Waals surface area contributed by atoms with Crippen molar-refractivity contribution in [3.8, 4) is 0 Å². The highest BCUT2D eigenvalue weighted by Gasteiger charge is 2.41. The van der Waals surface area contributed by atoms with E-state index < -0.39 is 5.67 Å². The molecule has 0 bridgehead atoms. The van der Waals surface area contributed by atoms with Crippen molar-refractivity contribution >= 4 is 6.21 Å². The van der Waals surface area contributed by atoms with Gasteiger partial charge in [0.2, 0.25) is 0 Å². The molecule has 0 saturated heterocycles. The first-order valence-electron chi connectivity index (χ1n) is 3.66. The second-order valence-electron chi connectivity index (χ2n) is 2.84. The van der Waals surface area contributed by atoms with Gasteiger partial charge in [-0.25, -0.2) is 9.07 Å². The molecule has 0 aromatic carbocycles. The summed E-state index contributed by atoms with van der Waals surface area (Å²) in [5.74, 6) is 0. The van der Waals surface area contributed by atoms with Crippen molar-refractivity contribution in [3.63, 3.8) is 0 Å². The van der Waals surface area contributed by atoms with Crippen LogP contribution in [-0.4, -0.2) is 16.6 Å². The molecule has 2 nitrogen and oxygen atoms in total. The molecule has 0 aliphatic heterocycles. The van der Waals surface area contributed by atoms with Gasteiger partial charge in [0.25, 0.3) is 0 Å². The molecule has 0 spiro atoms. The van der Waals surface area contributed by atoms with E-state index in [0.29, 0.717) is 12.8 Å². The molecule has 1 aromatic rings. The minimum Gasteiger partial charge on any atom is -0.249 e. The fraction of sp³-hybridized carbons (Fsp3) is 0.375. The minimum absolute atomic E-state index is 0.623. The van der Waals surface area contributed by atoms with Crippen LogP contribution in [0.3, 0.4) is 0 Å². The standard InChI is InChI=1S/C8H9FN2/c9-8(3-4-8)7-10-11-5-1-2-6-11/h1-2,5-7H,3-4H2/b10-7+. The normalized spacial score (nSPS) is 20.8. The van der Waals surface area contributed by atoms with Gasteiger partial charge in [0, 0.05) is 12.4 Å². The van der Waals surface area contributed by atoms with Gasteiger partial charge >= 0.3 is 0 Å². The van der Waals surface area contributed by atoms with E-state index in [1.165, 1.54) is 6.21 Å². The Morgan fingerprint density at radius 3 is 2.55 bits per heavy atom. The van der Waals surface area contributed by atoms with Crippen LogP contribution in [0.4, 0.5) is 4.39 Å². The molecule has 1 aliphatic carbocycles. The Bertz CT molecular complexity index is 260. The smallest absolute Gasteiger partial charge is 0.148 e. The maximum absolute atomic E-state index is 12.9. The van der Waals surface area contributed by atoms with Crippen molar-refractivity contribution < 1.29 is 4.39 Å². The van der Waals surface area contributed by atoms with Gasteiger partial charge in [-0.15, -0.1) is 0 Å². The number of hydrogen-bond acceptors (Lipinski definition) is 1. The van der Waals surface area contributed by atoms with Crippen LogP contribution in [0.15, 0.2) is 29.6 Å². The summed E-state index contributed by atoms with van der Waals surface area (Å²) >= 11 is 0.